The molecule has 7 nitrogen and oxygen atoms in total. The zero-order valence-corrected chi connectivity index (χ0v) is 16.1. The van der Waals surface area contributed by atoms with E-state index < -0.39 is 4.92 Å². The standard InChI is InChI=1S/C21H17N5O2S/c27-26(28)18-10-8-17(9-11-18)22-21(29)23-20-12-13-25(24-20)14-16-6-3-5-15-4-1-2-7-19(15)16/h1-13H,14H2,(H2,22,23,24,29). The van der Waals surface area contributed by atoms with Crippen LogP contribution in [0.4, 0.5) is 17.2 Å². The van der Waals surface area contributed by atoms with Crippen molar-refractivity contribution >= 4 is 45.3 Å². The van der Waals surface area contributed by atoms with E-state index in [1.165, 1.54) is 28.5 Å². The Kier molecular flexibility index (Phi) is 5.17. The fourth-order valence-corrected chi connectivity index (χ4v) is 3.29. The van der Waals surface area contributed by atoms with Crippen molar-refractivity contribution in [2.75, 3.05) is 10.6 Å². The summed E-state index contributed by atoms with van der Waals surface area (Å²) in [5.74, 6) is 0.615. The highest BCUT2D eigenvalue weighted by molar-refractivity contribution is 7.80. The lowest BCUT2D eigenvalue weighted by Crippen LogP contribution is -2.19. The molecule has 29 heavy (non-hydrogen) atoms. The lowest BCUT2D eigenvalue weighted by atomic mass is 10.0. The third kappa shape index (κ3) is 4.39. The van der Waals surface area contributed by atoms with Gasteiger partial charge < -0.3 is 10.6 Å². The summed E-state index contributed by atoms with van der Waals surface area (Å²) < 4.78 is 1.85. The van der Waals surface area contributed by atoms with Crippen LogP contribution in [-0.4, -0.2) is 19.8 Å². The predicted octanol–water partition coefficient (Wildman–Crippen LogP) is 4.80. The van der Waals surface area contributed by atoms with Crippen LogP contribution in [0.2, 0.25) is 0 Å². The Morgan fingerprint density at radius 1 is 1.00 bits per heavy atom. The second-order valence-electron chi connectivity index (χ2n) is 6.42. The van der Waals surface area contributed by atoms with E-state index in [1.807, 2.05) is 35.1 Å². The van der Waals surface area contributed by atoms with Gasteiger partial charge in [0.2, 0.25) is 0 Å². The van der Waals surface area contributed by atoms with Gasteiger partial charge in [-0.25, -0.2) is 0 Å². The Bertz CT molecular complexity index is 1180. The third-order valence-electron chi connectivity index (χ3n) is 4.43. The number of anilines is 2. The van der Waals surface area contributed by atoms with Gasteiger partial charge in [0.15, 0.2) is 10.9 Å². The maximum absolute atomic E-state index is 10.7. The van der Waals surface area contributed by atoms with E-state index >= 15 is 0 Å². The van der Waals surface area contributed by atoms with Crippen LogP contribution in [0, 0.1) is 10.1 Å². The van der Waals surface area contributed by atoms with E-state index in [0.29, 0.717) is 23.2 Å². The molecule has 0 saturated carbocycles. The molecule has 8 heteroatoms. The molecule has 1 heterocycles. The van der Waals surface area contributed by atoms with Gasteiger partial charge in [-0.1, -0.05) is 42.5 Å². The topological polar surface area (TPSA) is 85.0 Å². The summed E-state index contributed by atoms with van der Waals surface area (Å²) in [6.45, 7) is 0.644. The fraction of sp³-hybridized carbons (Fsp3) is 0.0476. The van der Waals surface area contributed by atoms with Gasteiger partial charge in [0, 0.05) is 30.1 Å². The van der Waals surface area contributed by atoms with E-state index in [9.17, 15) is 10.1 Å². The number of thiocarbonyl (C=S) groups is 1. The van der Waals surface area contributed by atoms with E-state index in [-0.39, 0.29) is 5.69 Å². The maximum atomic E-state index is 10.7. The largest absolute Gasteiger partial charge is 0.332 e. The second kappa shape index (κ2) is 8.07. The average Bonchev–Trinajstić information content (AvgIpc) is 3.15. The predicted molar refractivity (Wildman–Crippen MR) is 118 cm³/mol. The first-order chi connectivity index (χ1) is 14.1. The van der Waals surface area contributed by atoms with Crippen LogP contribution in [0.15, 0.2) is 79.0 Å². The molecule has 4 aromatic rings. The van der Waals surface area contributed by atoms with Crippen LogP contribution < -0.4 is 10.6 Å². The number of nitro groups is 1. The van der Waals surface area contributed by atoms with E-state index in [1.54, 1.807) is 12.1 Å². The first-order valence-corrected chi connectivity index (χ1v) is 9.32. The summed E-state index contributed by atoms with van der Waals surface area (Å²) in [6.07, 6.45) is 1.89. The first kappa shape index (κ1) is 18.6. The Morgan fingerprint density at radius 2 is 1.76 bits per heavy atom. The summed E-state index contributed by atoms with van der Waals surface area (Å²) in [4.78, 5) is 10.3. The van der Waals surface area contributed by atoms with Crippen LogP contribution >= 0.6 is 12.2 Å². The summed E-state index contributed by atoms with van der Waals surface area (Å²) in [7, 11) is 0. The number of nitrogens with one attached hydrogen (secondary N) is 2. The van der Waals surface area contributed by atoms with Crippen LogP contribution in [0.5, 0.6) is 0 Å². The number of fused-ring (bicyclic) bond motifs is 1. The number of benzene rings is 3. The Morgan fingerprint density at radius 3 is 2.55 bits per heavy atom. The minimum absolute atomic E-state index is 0.0293. The molecule has 0 amide bonds. The van der Waals surface area contributed by atoms with Crippen molar-refractivity contribution in [2.45, 2.75) is 6.54 Å². The van der Waals surface area contributed by atoms with Crippen LogP contribution in [-0.2, 0) is 6.54 Å². The summed E-state index contributed by atoms with van der Waals surface area (Å²) >= 11 is 5.30. The zero-order chi connectivity index (χ0) is 20.2. The van der Waals surface area contributed by atoms with Crippen molar-refractivity contribution in [3.8, 4) is 0 Å². The molecule has 0 aliphatic rings. The highest BCUT2D eigenvalue weighted by atomic mass is 32.1. The van der Waals surface area contributed by atoms with Gasteiger partial charge in [0.05, 0.1) is 11.5 Å². The molecule has 3 aromatic carbocycles. The lowest BCUT2D eigenvalue weighted by molar-refractivity contribution is -0.384. The molecular weight excluding hydrogens is 386 g/mol. The van der Waals surface area contributed by atoms with Crippen molar-refractivity contribution in [1.82, 2.24) is 9.78 Å². The van der Waals surface area contributed by atoms with Crippen LogP contribution in [0.1, 0.15) is 5.56 Å². The fourth-order valence-electron chi connectivity index (χ4n) is 3.07. The molecule has 0 bridgehead atoms. The molecule has 0 aliphatic heterocycles. The Balaban J connectivity index is 1.41. The van der Waals surface area contributed by atoms with Gasteiger partial charge in [0.1, 0.15) is 0 Å². The Labute approximate surface area is 172 Å². The molecule has 0 spiro atoms. The van der Waals surface area contributed by atoms with E-state index in [0.717, 1.165) is 0 Å². The van der Waals surface area contributed by atoms with Gasteiger partial charge in [-0.05, 0) is 40.7 Å². The third-order valence-corrected chi connectivity index (χ3v) is 4.63. The van der Waals surface area contributed by atoms with E-state index in [4.69, 9.17) is 12.2 Å². The summed E-state index contributed by atoms with van der Waals surface area (Å²) in [5.41, 5.74) is 1.87. The lowest BCUT2D eigenvalue weighted by Gasteiger charge is -2.09. The van der Waals surface area contributed by atoms with Gasteiger partial charge in [0.25, 0.3) is 5.69 Å². The highest BCUT2D eigenvalue weighted by Crippen LogP contribution is 2.20. The van der Waals surface area contributed by atoms with Gasteiger partial charge in [-0.2, -0.15) is 5.10 Å². The highest BCUT2D eigenvalue weighted by Gasteiger charge is 2.07. The quantitative estimate of drug-likeness (QED) is 0.283. The molecule has 0 saturated heterocycles. The molecule has 2 N–H and O–H groups in total. The number of aromatic nitrogens is 2. The minimum atomic E-state index is -0.442. The Hall–Kier alpha value is -3.78. The number of hydrogen-bond acceptors (Lipinski definition) is 4. The van der Waals surface area contributed by atoms with Gasteiger partial charge >= 0.3 is 0 Å². The minimum Gasteiger partial charge on any atom is -0.332 e. The van der Waals surface area contributed by atoms with Crippen molar-refractivity contribution in [3.05, 3.63) is 94.7 Å². The number of non-ortho nitro benzene ring substituents is 1. The first-order valence-electron chi connectivity index (χ1n) is 8.91. The molecule has 0 fully saturated rings. The van der Waals surface area contributed by atoms with Crippen LogP contribution in [0.3, 0.4) is 0 Å². The van der Waals surface area contributed by atoms with E-state index in [2.05, 4.69) is 40.0 Å². The molecule has 1 aromatic heterocycles. The summed E-state index contributed by atoms with van der Waals surface area (Å²) in [6, 6.07) is 22.4. The number of nitro benzene ring substituents is 1. The second-order valence-corrected chi connectivity index (χ2v) is 6.83. The number of hydrogen-bond donors (Lipinski definition) is 2. The molecule has 0 aliphatic carbocycles. The number of nitrogens with zero attached hydrogens (tertiary/aromatic N) is 3. The van der Waals surface area contributed by atoms with Crippen molar-refractivity contribution in [3.63, 3.8) is 0 Å². The maximum Gasteiger partial charge on any atom is 0.269 e. The summed E-state index contributed by atoms with van der Waals surface area (Å²) in [5, 5.41) is 24.0. The molecule has 0 radical (unpaired) electrons. The molecule has 4 rings (SSSR count). The van der Waals surface area contributed by atoms with Crippen molar-refractivity contribution < 1.29 is 4.92 Å². The molecule has 0 unspecified atom stereocenters. The molecular formula is C21H17N5O2S. The normalized spacial score (nSPS) is 10.6. The number of rotatable bonds is 5. The molecule has 0 atom stereocenters. The van der Waals surface area contributed by atoms with Crippen LogP contribution in [0.25, 0.3) is 10.8 Å². The van der Waals surface area contributed by atoms with Crippen molar-refractivity contribution in [1.29, 1.82) is 0 Å². The SMILES string of the molecule is O=[N+]([O-])c1ccc(NC(=S)Nc2ccn(Cc3cccc4ccccc34)n2)cc1. The van der Waals surface area contributed by atoms with Crippen molar-refractivity contribution in [2.24, 2.45) is 0 Å². The van der Waals surface area contributed by atoms with Gasteiger partial charge in [-0.3, -0.25) is 14.8 Å². The van der Waals surface area contributed by atoms with Gasteiger partial charge in [-0.15, -0.1) is 0 Å². The smallest absolute Gasteiger partial charge is 0.269 e. The average molecular weight is 403 g/mol. The molecule has 144 valence electrons. The monoisotopic (exact) mass is 403 g/mol. The zero-order valence-electron chi connectivity index (χ0n) is 15.3.